The van der Waals surface area contributed by atoms with Crippen molar-refractivity contribution in [2.24, 2.45) is 0 Å². The molecule has 4 nitrogen and oxygen atoms in total. The first-order valence-corrected chi connectivity index (χ1v) is 7.22. The third-order valence-electron chi connectivity index (χ3n) is 3.15. The lowest BCUT2D eigenvalue weighted by Crippen LogP contribution is -2.24. The maximum atomic E-state index is 11.7. The van der Waals surface area contributed by atoms with Gasteiger partial charge in [-0.1, -0.05) is 36.8 Å². The maximum absolute atomic E-state index is 11.7. The Labute approximate surface area is 125 Å². The monoisotopic (exact) mass is 283 g/mol. The van der Waals surface area contributed by atoms with Crippen LogP contribution in [0.3, 0.4) is 0 Å². The first-order valence-electron chi connectivity index (χ1n) is 7.22. The van der Waals surface area contributed by atoms with Crippen molar-refractivity contribution in [2.75, 3.05) is 11.9 Å². The summed E-state index contributed by atoms with van der Waals surface area (Å²) in [6.07, 6.45) is 2.61. The fraction of sp³-hybridized carbons (Fsp3) is 0.294. The van der Waals surface area contributed by atoms with E-state index in [1.54, 1.807) is 12.3 Å². The Bertz CT molecular complexity index is 576. The van der Waals surface area contributed by atoms with Crippen molar-refractivity contribution < 1.29 is 4.79 Å². The molecule has 0 aliphatic heterocycles. The molecule has 1 aromatic heterocycles. The van der Waals surface area contributed by atoms with Crippen LogP contribution in [0, 0.1) is 6.92 Å². The minimum atomic E-state index is -0.123. The normalized spacial score (nSPS) is 10.2. The van der Waals surface area contributed by atoms with Gasteiger partial charge in [-0.05, 0) is 31.0 Å². The number of anilines is 1. The molecular formula is C17H21N3O. The molecule has 0 atom stereocenters. The summed E-state index contributed by atoms with van der Waals surface area (Å²) in [5, 5.41) is 6.10. The number of nitrogens with zero attached hydrogens (tertiary/aromatic N) is 1. The van der Waals surface area contributed by atoms with E-state index >= 15 is 0 Å². The highest BCUT2D eigenvalue weighted by Crippen LogP contribution is 2.09. The van der Waals surface area contributed by atoms with Crippen LogP contribution in [0.25, 0.3) is 0 Å². The van der Waals surface area contributed by atoms with Gasteiger partial charge in [-0.3, -0.25) is 4.79 Å². The number of pyridine rings is 1. The molecule has 1 aromatic carbocycles. The smallest absolute Gasteiger partial charge is 0.269 e. The Hall–Kier alpha value is -2.36. The number of hydrogen-bond donors (Lipinski definition) is 2. The van der Waals surface area contributed by atoms with Gasteiger partial charge in [0.1, 0.15) is 5.69 Å². The number of nitrogens with one attached hydrogen (secondary N) is 2. The van der Waals surface area contributed by atoms with Gasteiger partial charge in [-0.2, -0.15) is 0 Å². The number of benzene rings is 1. The van der Waals surface area contributed by atoms with E-state index in [1.807, 2.05) is 13.0 Å². The molecule has 2 N–H and O–H groups in total. The van der Waals surface area contributed by atoms with Crippen molar-refractivity contribution >= 4 is 11.6 Å². The zero-order valence-electron chi connectivity index (χ0n) is 12.5. The third kappa shape index (κ3) is 4.60. The number of hydrogen-bond acceptors (Lipinski definition) is 3. The third-order valence-corrected chi connectivity index (χ3v) is 3.15. The highest BCUT2D eigenvalue weighted by atomic mass is 16.1. The molecule has 1 heterocycles. The van der Waals surface area contributed by atoms with E-state index in [4.69, 9.17) is 0 Å². The quantitative estimate of drug-likeness (QED) is 0.856. The van der Waals surface area contributed by atoms with E-state index < -0.39 is 0 Å². The second-order valence-electron chi connectivity index (χ2n) is 5.03. The van der Waals surface area contributed by atoms with E-state index in [1.165, 1.54) is 11.1 Å². The van der Waals surface area contributed by atoms with Crippen molar-refractivity contribution in [1.29, 1.82) is 0 Å². The molecule has 0 fully saturated rings. The second-order valence-corrected chi connectivity index (χ2v) is 5.03. The molecule has 0 radical (unpaired) electrons. The van der Waals surface area contributed by atoms with Crippen LogP contribution in [0.2, 0.25) is 0 Å². The fourth-order valence-electron chi connectivity index (χ4n) is 1.87. The first-order chi connectivity index (χ1) is 10.2. The Morgan fingerprint density at radius 3 is 2.52 bits per heavy atom. The Kier molecular flexibility index (Phi) is 5.32. The summed E-state index contributed by atoms with van der Waals surface area (Å²) in [6.45, 7) is 5.51. The minimum Gasteiger partial charge on any atom is -0.380 e. The molecule has 1 amide bonds. The summed E-state index contributed by atoms with van der Waals surface area (Å²) < 4.78 is 0. The predicted octanol–water partition coefficient (Wildman–Crippen LogP) is 3.14. The van der Waals surface area contributed by atoms with E-state index in [0.717, 1.165) is 18.7 Å². The largest absolute Gasteiger partial charge is 0.380 e. The predicted molar refractivity (Wildman–Crippen MR) is 85.4 cm³/mol. The topological polar surface area (TPSA) is 54.0 Å². The molecule has 110 valence electrons. The average Bonchev–Trinajstić information content (AvgIpc) is 2.52. The lowest BCUT2D eigenvalue weighted by atomic mass is 10.1. The average molecular weight is 283 g/mol. The van der Waals surface area contributed by atoms with Gasteiger partial charge in [0.25, 0.3) is 5.91 Å². The Morgan fingerprint density at radius 2 is 1.90 bits per heavy atom. The van der Waals surface area contributed by atoms with E-state index in [0.29, 0.717) is 12.2 Å². The number of aryl methyl sites for hydroxylation is 1. The van der Waals surface area contributed by atoms with Gasteiger partial charge in [0.15, 0.2) is 0 Å². The van der Waals surface area contributed by atoms with Crippen LogP contribution >= 0.6 is 0 Å². The molecule has 0 saturated carbocycles. The van der Waals surface area contributed by atoms with Crippen molar-refractivity contribution in [3.63, 3.8) is 0 Å². The standard InChI is InChI=1S/C17H21N3O/c1-3-10-18-17(21)16-9-8-15(12-20-16)19-11-14-6-4-13(2)5-7-14/h4-9,12,19H,3,10-11H2,1-2H3,(H,18,21). The number of carbonyl (C=O) groups is 1. The van der Waals surface area contributed by atoms with Gasteiger partial charge < -0.3 is 10.6 Å². The first kappa shape index (κ1) is 15.0. The van der Waals surface area contributed by atoms with Crippen LogP contribution in [-0.4, -0.2) is 17.4 Å². The Balaban J connectivity index is 1.90. The molecule has 0 spiro atoms. The van der Waals surface area contributed by atoms with E-state index in [9.17, 15) is 4.79 Å². The number of aromatic nitrogens is 1. The molecule has 2 rings (SSSR count). The van der Waals surface area contributed by atoms with Crippen molar-refractivity contribution in [1.82, 2.24) is 10.3 Å². The van der Waals surface area contributed by atoms with E-state index in [2.05, 4.69) is 46.8 Å². The number of amides is 1. The molecule has 0 aliphatic rings. The highest BCUT2D eigenvalue weighted by Gasteiger charge is 2.05. The van der Waals surface area contributed by atoms with Crippen molar-refractivity contribution in [3.05, 3.63) is 59.4 Å². The molecule has 0 bridgehead atoms. The molecule has 0 saturated heterocycles. The van der Waals surface area contributed by atoms with Crippen LogP contribution in [0.5, 0.6) is 0 Å². The van der Waals surface area contributed by atoms with Crippen LogP contribution in [-0.2, 0) is 6.54 Å². The van der Waals surface area contributed by atoms with Gasteiger partial charge in [-0.15, -0.1) is 0 Å². The van der Waals surface area contributed by atoms with Gasteiger partial charge in [0.2, 0.25) is 0 Å². The minimum absolute atomic E-state index is 0.123. The summed E-state index contributed by atoms with van der Waals surface area (Å²) in [5.41, 5.74) is 3.82. The molecule has 2 aromatic rings. The summed E-state index contributed by atoms with van der Waals surface area (Å²) in [4.78, 5) is 15.9. The summed E-state index contributed by atoms with van der Waals surface area (Å²) in [6, 6.07) is 12.0. The zero-order chi connectivity index (χ0) is 15.1. The second kappa shape index (κ2) is 7.43. The Morgan fingerprint density at radius 1 is 1.14 bits per heavy atom. The lowest BCUT2D eigenvalue weighted by Gasteiger charge is -2.07. The van der Waals surface area contributed by atoms with Gasteiger partial charge in [0.05, 0.1) is 11.9 Å². The summed E-state index contributed by atoms with van der Waals surface area (Å²) in [7, 11) is 0. The number of carbonyl (C=O) groups excluding carboxylic acids is 1. The highest BCUT2D eigenvalue weighted by molar-refractivity contribution is 5.92. The molecule has 4 heteroatoms. The molecule has 0 unspecified atom stereocenters. The van der Waals surface area contributed by atoms with Crippen LogP contribution < -0.4 is 10.6 Å². The van der Waals surface area contributed by atoms with E-state index in [-0.39, 0.29) is 5.91 Å². The fourth-order valence-corrected chi connectivity index (χ4v) is 1.87. The van der Waals surface area contributed by atoms with Gasteiger partial charge in [-0.25, -0.2) is 4.98 Å². The maximum Gasteiger partial charge on any atom is 0.269 e. The molecular weight excluding hydrogens is 262 g/mol. The van der Waals surface area contributed by atoms with Gasteiger partial charge in [0, 0.05) is 13.1 Å². The van der Waals surface area contributed by atoms with Crippen LogP contribution in [0.15, 0.2) is 42.6 Å². The SMILES string of the molecule is CCCNC(=O)c1ccc(NCc2ccc(C)cc2)cn1. The van der Waals surface area contributed by atoms with Crippen molar-refractivity contribution in [2.45, 2.75) is 26.8 Å². The van der Waals surface area contributed by atoms with Crippen LogP contribution in [0.1, 0.15) is 35.0 Å². The molecule has 21 heavy (non-hydrogen) atoms. The summed E-state index contributed by atoms with van der Waals surface area (Å²) in [5.74, 6) is -0.123. The van der Waals surface area contributed by atoms with Gasteiger partial charge >= 0.3 is 0 Å². The lowest BCUT2D eigenvalue weighted by molar-refractivity contribution is 0.0949. The van der Waals surface area contributed by atoms with Crippen LogP contribution in [0.4, 0.5) is 5.69 Å². The zero-order valence-corrected chi connectivity index (χ0v) is 12.5. The van der Waals surface area contributed by atoms with Crippen molar-refractivity contribution in [3.8, 4) is 0 Å². The number of rotatable bonds is 6. The summed E-state index contributed by atoms with van der Waals surface area (Å²) >= 11 is 0. The molecule has 0 aliphatic carbocycles.